The standard InChI is InChI=1S/C11H16ClN3O.BrH/c1-13-15-8-9-2-4-10(5-3-9)11(16)14-7-6-12;/h2-5,13,15H,6-8H2,1H3,(H,14,16);1H. The van der Waals surface area contributed by atoms with E-state index in [0.717, 1.165) is 12.1 Å². The summed E-state index contributed by atoms with van der Waals surface area (Å²) in [6.45, 7) is 1.21. The van der Waals surface area contributed by atoms with Crippen molar-refractivity contribution in [1.29, 1.82) is 0 Å². The van der Waals surface area contributed by atoms with Gasteiger partial charge in [0.25, 0.3) is 5.91 Å². The molecule has 0 fully saturated rings. The van der Waals surface area contributed by atoms with Crippen LogP contribution in [0.3, 0.4) is 0 Å². The summed E-state index contributed by atoms with van der Waals surface area (Å²) in [6, 6.07) is 7.44. The highest BCUT2D eigenvalue weighted by Gasteiger charge is 2.03. The highest BCUT2D eigenvalue weighted by Crippen LogP contribution is 2.03. The molecule has 0 bridgehead atoms. The molecular weight excluding hydrogens is 305 g/mol. The van der Waals surface area contributed by atoms with Gasteiger partial charge in [-0.3, -0.25) is 15.6 Å². The van der Waals surface area contributed by atoms with Gasteiger partial charge in [-0.2, -0.15) is 0 Å². The Bertz CT molecular complexity index is 332. The molecule has 96 valence electrons. The molecule has 0 aliphatic heterocycles. The van der Waals surface area contributed by atoms with E-state index in [2.05, 4.69) is 16.2 Å². The Morgan fingerprint density at radius 1 is 1.29 bits per heavy atom. The molecule has 0 aliphatic carbocycles. The van der Waals surface area contributed by atoms with Crippen LogP contribution in [0, 0.1) is 0 Å². The second-order valence-electron chi connectivity index (χ2n) is 3.25. The Hall–Kier alpha value is -0.620. The first-order valence-corrected chi connectivity index (χ1v) is 5.64. The smallest absolute Gasteiger partial charge is 0.251 e. The second-order valence-corrected chi connectivity index (χ2v) is 3.62. The van der Waals surface area contributed by atoms with Crippen molar-refractivity contribution in [3.8, 4) is 0 Å². The first-order valence-electron chi connectivity index (χ1n) is 5.10. The Balaban J connectivity index is 0.00000256. The summed E-state index contributed by atoms with van der Waals surface area (Å²) in [5.41, 5.74) is 7.58. The van der Waals surface area contributed by atoms with Gasteiger partial charge in [0.15, 0.2) is 0 Å². The lowest BCUT2D eigenvalue weighted by atomic mass is 10.1. The van der Waals surface area contributed by atoms with Crippen LogP contribution in [-0.4, -0.2) is 25.4 Å². The second kappa shape index (κ2) is 9.41. The van der Waals surface area contributed by atoms with E-state index in [0.29, 0.717) is 18.0 Å². The van der Waals surface area contributed by atoms with Gasteiger partial charge in [0, 0.05) is 24.5 Å². The van der Waals surface area contributed by atoms with Crippen LogP contribution in [0.1, 0.15) is 15.9 Å². The molecule has 1 aromatic rings. The van der Waals surface area contributed by atoms with Gasteiger partial charge >= 0.3 is 0 Å². The van der Waals surface area contributed by atoms with Crippen LogP contribution >= 0.6 is 28.6 Å². The molecule has 1 rings (SSSR count). The third-order valence-electron chi connectivity index (χ3n) is 2.07. The molecule has 0 saturated heterocycles. The maximum absolute atomic E-state index is 11.5. The molecule has 0 aliphatic rings. The topological polar surface area (TPSA) is 53.2 Å². The van der Waals surface area contributed by atoms with E-state index in [1.807, 2.05) is 19.2 Å². The zero-order chi connectivity index (χ0) is 11.8. The van der Waals surface area contributed by atoms with Crippen LogP contribution < -0.4 is 16.2 Å². The molecule has 0 spiro atoms. The van der Waals surface area contributed by atoms with Gasteiger partial charge in [0.05, 0.1) is 0 Å². The SMILES string of the molecule is Br.CNNCc1ccc(C(=O)NCCCl)cc1. The van der Waals surface area contributed by atoms with Gasteiger partial charge < -0.3 is 5.32 Å². The number of nitrogens with one attached hydrogen (secondary N) is 3. The van der Waals surface area contributed by atoms with Crippen molar-refractivity contribution < 1.29 is 4.79 Å². The lowest BCUT2D eigenvalue weighted by Gasteiger charge is -2.05. The minimum atomic E-state index is -0.0891. The molecule has 0 atom stereocenters. The molecule has 6 heteroatoms. The fourth-order valence-electron chi connectivity index (χ4n) is 1.23. The summed E-state index contributed by atoms with van der Waals surface area (Å²) in [5, 5.41) is 2.71. The lowest BCUT2D eigenvalue weighted by Crippen LogP contribution is -2.27. The summed E-state index contributed by atoms with van der Waals surface area (Å²) >= 11 is 5.49. The van der Waals surface area contributed by atoms with E-state index < -0.39 is 0 Å². The average molecular weight is 323 g/mol. The average Bonchev–Trinajstić information content (AvgIpc) is 2.34. The Morgan fingerprint density at radius 2 is 1.94 bits per heavy atom. The Labute approximate surface area is 117 Å². The fraction of sp³-hybridized carbons (Fsp3) is 0.364. The Morgan fingerprint density at radius 3 is 2.47 bits per heavy atom. The van der Waals surface area contributed by atoms with Gasteiger partial charge in [-0.05, 0) is 24.7 Å². The maximum atomic E-state index is 11.5. The van der Waals surface area contributed by atoms with Crippen molar-refractivity contribution in [2.24, 2.45) is 0 Å². The maximum Gasteiger partial charge on any atom is 0.251 e. The van der Waals surface area contributed by atoms with Gasteiger partial charge in [-0.1, -0.05) is 12.1 Å². The zero-order valence-electron chi connectivity index (χ0n) is 9.63. The van der Waals surface area contributed by atoms with Crippen molar-refractivity contribution >= 4 is 34.5 Å². The number of hydrazine groups is 1. The van der Waals surface area contributed by atoms with E-state index in [1.54, 1.807) is 12.1 Å². The van der Waals surface area contributed by atoms with E-state index in [1.165, 1.54) is 0 Å². The predicted molar refractivity (Wildman–Crippen MR) is 75.7 cm³/mol. The van der Waals surface area contributed by atoms with E-state index in [4.69, 9.17) is 11.6 Å². The van der Waals surface area contributed by atoms with E-state index in [9.17, 15) is 4.79 Å². The molecule has 0 saturated carbocycles. The molecule has 17 heavy (non-hydrogen) atoms. The van der Waals surface area contributed by atoms with Gasteiger partial charge in [0.2, 0.25) is 0 Å². The number of carbonyl (C=O) groups excluding carboxylic acids is 1. The summed E-state index contributed by atoms with van der Waals surface area (Å²) in [5.74, 6) is 0.337. The van der Waals surface area contributed by atoms with E-state index in [-0.39, 0.29) is 22.9 Å². The summed E-state index contributed by atoms with van der Waals surface area (Å²) in [7, 11) is 1.81. The monoisotopic (exact) mass is 321 g/mol. The quantitative estimate of drug-likeness (QED) is 0.549. The van der Waals surface area contributed by atoms with Crippen molar-refractivity contribution in [2.45, 2.75) is 6.54 Å². The van der Waals surface area contributed by atoms with Crippen LogP contribution in [0.4, 0.5) is 0 Å². The van der Waals surface area contributed by atoms with Gasteiger partial charge in [-0.25, -0.2) is 0 Å². The number of alkyl halides is 1. The molecular formula is C11H17BrClN3O. The van der Waals surface area contributed by atoms with E-state index >= 15 is 0 Å². The van der Waals surface area contributed by atoms with Crippen LogP contribution in [0.2, 0.25) is 0 Å². The van der Waals surface area contributed by atoms with Crippen LogP contribution in [0.25, 0.3) is 0 Å². The van der Waals surface area contributed by atoms with Crippen molar-refractivity contribution in [2.75, 3.05) is 19.5 Å². The molecule has 0 heterocycles. The Kier molecular flexibility index (Phi) is 9.07. The first kappa shape index (κ1) is 16.4. The minimum Gasteiger partial charge on any atom is -0.351 e. The molecule has 1 aromatic carbocycles. The number of rotatable bonds is 6. The molecule has 0 radical (unpaired) electrons. The first-order chi connectivity index (χ1) is 7.77. The number of halogens is 2. The van der Waals surface area contributed by atoms with Crippen LogP contribution in [-0.2, 0) is 6.54 Å². The fourth-order valence-corrected chi connectivity index (χ4v) is 1.32. The third-order valence-corrected chi connectivity index (χ3v) is 2.25. The number of hydrogen-bond donors (Lipinski definition) is 3. The van der Waals surface area contributed by atoms with Crippen molar-refractivity contribution in [1.82, 2.24) is 16.2 Å². The predicted octanol–water partition coefficient (Wildman–Crippen LogP) is 1.46. The normalized spacial score (nSPS) is 9.53. The number of carbonyl (C=O) groups is 1. The molecule has 0 aromatic heterocycles. The van der Waals surface area contributed by atoms with Crippen LogP contribution in [0.15, 0.2) is 24.3 Å². The number of hydrogen-bond acceptors (Lipinski definition) is 3. The van der Waals surface area contributed by atoms with Crippen LogP contribution in [0.5, 0.6) is 0 Å². The molecule has 1 amide bonds. The summed E-state index contributed by atoms with van der Waals surface area (Å²) in [6.07, 6.45) is 0. The number of benzene rings is 1. The summed E-state index contributed by atoms with van der Waals surface area (Å²) < 4.78 is 0. The minimum absolute atomic E-state index is 0. The van der Waals surface area contributed by atoms with Crippen molar-refractivity contribution in [3.05, 3.63) is 35.4 Å². The van der Waals surface area contributed by atoms with Gasteiger partial charge in [0.1, 0.15) is 0 Å². The number of amides is 1. The zero-order valence-corrected chi connectivity index (χ0v) is 12.1. The molecule has 3 N–H and O–H groups in total. The largest absolute Gasteiger partial charge is 0.351 e. The lowest BCUT2D eigenvalue weighted by molar-refractivity contribution is 0.0956. The molecule has 4 nitrogen and oxygen atoms in total. The highest BCUT2D eigenvalue weighted by molar-refractivity contribution is 8.93. The summed E-state index contributed by atoms with van der Waals surface area (Å²) in [4.78, 5) is 11.5. The van der Waals surface area contributed by atoms with Crippen molar-refractivity contribution in [3.63, 3.8) is 0 Å². The highest BCUT2D eigenvalue weighted by atomic mass is 79.9. The third kappa shape index (κ3) is 6.02. The molecule has 0 unspecified atom stereocenters. The van der Waals surface area contributed by atoms with Gasteiger partial charge in [-0.15, -0.1) is 28.6 Å².